The van der Waals surface area contributed by atoms with Crippen LogP contribution in [0.4, 0.5) is 18.0 Å². The van der Waals surface area contributed by atoms with Crippen molar-refractivity contribution >= 4 is 17.8 Å². The van der Waals surface area contributed by atoms with Crippen molar-refractivity contribution in [2.24, 2.45) is 0 Å². The van der Waals surface area contributed by atoms with Crippen LogP contribution >= 0.6 is 0 Å². The van der Waals surface area contributed by atoms with E-state index in [1.807, 2.05) is 0 Å². The normalized spacial score (nSPS) is 20.0. The van der Waals surface area contributed by atoms with Crippen molar-refractivity contribution in [2.75, 3.05) is 19.6 Å². The first-order chi connectivity index (χ1) is 12.6. The molecule has 2 rings (SSSR count). The molecule has 4 amide bonds. The standard InChI is InChI=1S/C18H22F3N3O3/c1-3-4-10-23(12-18(19,20)21)14(25)11-24-15(26)17(2,22-16(24)27)13-8-6-5-7-9-13/h5-9H,3-4,10-12H2,1-2H3,(H,22,27). The van der Waals surface area contributed by atoms with Crippen LogP contribution in [-0.2, 0) is 15.1 Å². The lowest BCUT2D eigenvalue weighted by Crippen LogP contribution is -2.47. The zero-order valence-corrected chi connectivity index (χ0v) is 15.2. The molecule has 0 bridgehead atoms. The van der Waals surface area contributed by atoms with Crippen molar-refractivity contribution in [3.8, 4) is 0 Å². The van der Waals surface area contributed by atoms with Crippen molar-refractivity contribution in [3.05, 3.63) is 35.9 Å². The van der Waals surface area contributed by atoms with Gasteiger partial charge in [-0.3, -0.25) is 14.5 Å². The van der Waals surface area contributed by atoms with Crippen LogP contribution in [0.2, 0.25) is 0 Å². The molecule has 27 heavy (non-hydrogen) atoms. The zero-order chi connectivity index (χ0) is 20.2. The van der Waals surface area contributed by atoms with Crippen LogP contribution in [-0.4, -0.2) is 53.5 Å². The smallest absolute Gasteiger partial charge is 0.332 e. The highest BCUT2D eigenvalue weighted by Gasteiger charge is 2.49. The third-order valence-electron chi connectivity index (χ3n) is 4.42. The van der Waals surface area contributed by atoms with Gasteiger partial charge in [-0.15, -0.1) is 0 Å². The third-order valence-corrected chi connectivity index (χ3v) is 4.42. The van der Waals surface area contributed by atoms with Gasteiger partial charge in [0.05, 0.1) is 0 Å². The summed E-state index contributed by atoms with van der Waals surface area (Å²) in [6, 6.07) is 7.65. The number of imide groups is 1. The average molecular weight is 385 g/mol. The molecular formula is C18H22F3N3O3. The van der Waals surface area contributed by atoms with Crippen LogP contribution in [0.25, 0.3) is 0 Å². The highest BCUT2D eigenvalue weighted by Crippen LogP contribution is 2.28. The van der Waals surface area contributed by atoms with Crippen LogP contribution < -0.4 is 5.32 Å². The molecule has 1 aromatic carbocycles. The van der Waals surface area contributed by atoms with Gasteiger partial charge < -0.3 is 10.2 Å². The molecule has 0 aromatic heterocycles. The maximum atomic E-state index is 12.8. The first kappa shape index (κ1) is 20.7. The molecule has 0 saturated carbocycles. The lowest BCUT2D eigenvalue weighted by molar-refractivity contribution is -0.162. The largest absolute Gasteiger partial charge is 0.406 e. The Labute approximate surface area is 155 Å². The monoisotopic (exact) mass is 385 g/mol. The van der Waals surface area contributed by atoms with E-state index in [2.05, 4.69) is 5.32 Å². The molecule has 9 heteroatoms. The minimum Gasteiger partial charge on any atom is -0.332 e. The van der Waals surface area contributed by atoms with Gasteiger partial charge in [0.2, 0.25) is 5.91 Å². The van der Waals surface area contributed by atoms with Gasteiger partial charge in [-0.2, -0.15) is 13.2 Å². The lowest BCUT2D eigenvalue weighted by atomic mass is 9.92. The first-order valence-corrected chi connectivity index (χ1v) is 8.62. The fourth-order valence-corrected chi connectivity index (χ4v) is 2.90. The van der Waals surface area contributed by atoms with Gasteiger partial charge in [0, 0.05) is 6.54 Å². The van der Waals surface area contributed by atoms with E-state index in [4.69, 9.17) is 0 Å². The summed E-state index contributed by atoms with van der Waals surface area (Å²) in [6.07, 6.45) is -3.56. The number of benzene rings is 1. The Morgan fingerprint density at radius 3 is 2.41 bits per heavy atom. The number of nitrogens with zero attached hydrogens (tertiary/aromatic N) is 2. The van der Waals surface area contributed by atoms with Gasteiger partial charge in [-0.25, -0.2) is 4.79 Å². The number of hydrogen-bond acceptors (Lipinski definition) is 3. The molecule has 1 aromatic rings. The summed E-state index contributed by atoms with van der Waals surface area (Å²) in [7, 11) is 0. The van der Waals surface area contributed by atoms with E-state index < -0.39 is 42.7 Å². The van der Waals surface area contributed by atoms with E-state index in [1.165, 1.54) is 6.92 Å². The highest BCUT2D eigenvalue weighted by molar-refractivity contribution is 6.09. The molecule has 1 unspecified atom stereocenters. The number of rotatable bonds is 7. The molecule has 1 saturated heterocycles. The number of urea groups is 1. The molecule has 1 heterocycles. The maximum absolute atomic E-state index is 12.8. The van der Waals surface area contributed by atoms with Crippen LogP contribution in [0, 0.1) is 0 Å². The number of amides is 4. The Bertz CT molecular complexity index is 709. The van der Waals surface area contributed by atoms with Crippen LogP contribution in [0.1, 0.15) is 32.3 Å². The van der Waals surface area contributed by atoms with E-state index in [0.29, 0.717) is 28.2 Å². The van der Waals surface area contributed by atoms with Crippen molar-refractivity contribution in [3.63, 3.8) is 0 Å². The van der Waals surface area contributed by atoms with Gasteiger partial charge in [-0.05, 0) is 18.9 Å². The van der Waals surface area contributed by atoms with Crippen LogP contribution in [0.15, 0.2) is 30.3 Å². The molecule has 1 aliphatic heterocycles. The minimum absolute atomic E-state index is 0.0888. The van der Waals surface area contributed by atoms with Gasteiger partial charge in [0.1, 0.15) is 18.6 Å². The first-order valence-electron chi connectivity index (χ1n) is 8.62. The third kappa shape index (κ3) is 4.78. The lowest BCUT2D eigenvalue weighted by Gasteiger charge is -2.26. The van der Waals surface area contributed by atoms with Gasteiger partial charge in [0.25, 0.3) is 5.91 Å². The number of carbonyl (C=O) groups is 3. The average Bonchev–Trinajstić information content (AvgIpc) is 2.82. The minimum atomic E-state index is -4.56. The zero-order valence-electron chi connectivity index (χ0n) is 15.2. The summed E-state index contributed by atoms with van der Waals surface area (Å²) in [4.78, 5) is 38.7. The molecule has 0 aliphatic carbocycles. The van der Waals surface area contributed by atoms with Crippen molar-refractivity contribution in [1.82, 2.24) is 15.1 Å². The molecule has 1 fully saturated rings. The number of alkyl halides is 3. The van der Waals surface area contributed by atoms with Crippen molar-refractivity contribution in [2.45, 2.75) is 38.4 Å². The van der Waals surface area contributed by atoms with E-state index >= 15 is 0 Å². The molecule has 1 aliphatic rings. The van der Waals surface area contributed by atoms with E-state index in [-0.39, 0.29) is 6.54 Å². The molecule has 1 atom stereocenters. The van der Waals surface area contributed by atoms with E-state index in [0.717, 1.165) is 0 Å². The molecule has 148 valence electrons. The second kappa shape index (κ2) is 7.98. The van der Waals surface area contributed by atoms with E-state index in [1.54, 1.807) is 37.3 Å². The summed E-state index contributed by atoms with van der Waals surface area (Å²) >= 11 is 0. The Balaban J connectivity index is 2.16. The summed E-state index contributed by atoms with van der Waals surface area (Å²) < 4.78 is 38.3. The van der Waals surface area contributed by atoms with Crippen LogP contribution in [0.3, 0.4) is 0 Å². The fourth-order valence-electron chi connectivity index (χ4n) is 2.90. The quantitative estimate of drug-likeness (QED) is 0.734. The predicted octanol–water partition coefficient (Wildman–Crippen LogP) is 2.64. The van der Waals surface area contributed by atoms with Crippen molar-refractivity contribution in [1.29, 1.82) is 0 Å². The summed E-state index contributed by atoms with van der Waals surface area (Å²) in [6.45, 7) is 1.06. The van der Waals surface area contributed by atoms with Crippen LogP contribution in [0.5, 0.6) is 0 Å². The summed E-state index contributed by atoms with van der Waals surface area (Å²) in [5.74, 6) is -1.59. The Morgan fingerprint density at radius 1 is 1.22 bits per heavy atom. The molecule has 0 radical (unpaired) electrons. The number of nitrogens with one attached hydrogen (secondary N) is 1. The Morgan fingerprint density at radius 2 is 1.85 bits per heavy atom. The molecule has 1 N–H and O–H groups in total. The summed E-state index contributed by atoms with van der Waals surface area (Å²) in [5.41, 5.74) is -0.840. The topological polar surface area (TPSA) is 69.7 Å². The summed E-state index contributed by atoms with van der Waals surface area (Å²) in [5, 5.41) is 2.53. The van der Waals surface area contributed by atoms with Gasteiger partial charge in [0.15, 0.2) is 0 Å². The molecular weight excluding hydrogens is 363 g/mol. The SMILES string of the molecule is CCCCN(CC(F)(F)F)C(=O)CN1C(=O)NC(C)(c2ccccc2)C1=O. The second-order valence-electron chi connectivity index (χ2n) is 6.60. The Kier molecular flexibility index (Phi) is 6.12. The van der Waals surface area contributed by atoms with E-state index in [9.17, 15) is 27.6 Å². The van der Waals surface area contributed by atoms with Crippen molar-refractivity contribution < 1.29 is 27.6 Å². The number of hydrogen-bond donors (Lipinski definition) is 1. The number of halogens is 3. The fraction of sp³-hybridized carbons (Fsp3) is 0.500. The van der Waals surface area contributed by atoms with Gasteiger partial charge >= 0.3 is 12.2 Å². The number of unbranched alkanes of at least 4 members (excludes halogenated alkanes) is 1. The molecule has 0 spiro atoms. The maximum Gasteiger partial charge on any atom is 0.406 e. The highest BCUT2D eigenvalue weighted by atomic mass is 19.4. The predicted molar refractivity (Wildman–Crippen MR) is 91.6 cm³/mol. The Hall–Kier alpha value is -2.58. The number of carbonyl (C=O) groups excluding carboxylic acids is 3. The second-order valence-corrected chi connectivity index (χ2v) is 6.60. The molecule has 6 nitrogen and oxygen atoms in total. The van der Waals surface area contributed by atoms with Gasteiger partial charge in [-0.1, -0.05) is 43.7 Å².